The van der Waals surface area contributed by atoms with E-state index < -0.39 is 30.0 Å². The maximum atomic E-state index is 13.6. The summed E-state index contributed by atoms with van der Waals surface area (Å²) in [5, 5.41) is 3.31. The van der Waals surface area contributed by atoms with Crippen LogP contribution in [0.5, 0.6) is 17.2 Å². The van der Waals surface area contributed by atoms with Gasteiger partial charge in [-0.25, -0.2) is 4.79 Å². The molecule has 1 amide bonds. The van der Waals surface area contributed by atoms with Gasteiger partial charge < -0.3 is 34.9 Å². The molecule has 0 aromatic heterocycles. The van der Waals surface area contributed by atoms with Crippen LogP contribution >= 0.6 is 24.0 Å². The van der Waals surface area contributed by atoms with Crippen LogP contribution in [-0.4, -0.2) is 64.5 Å². The topological polar surface area (TPSA) is 129 Å². The first-order chi connectivity index (χ1) is 18.5. The Kier molecular flexibility index (Phi) is 7.80. The Morgan fingerprint density at radius 3 is 2.69 bits per heavy atom. The number of β-lactam (4-membered cyclic amide) rings is 1. The first kappa shape index (κ1) is 27.7. The van der Waals surface area contributed by atoms with Gasteiger partial charge in [-0.1, -0.05) is 33.0 Å². The lowest BCUT2D eigenvalue weighted by Gasteiger charge is -2.47. The third kappa shape index (κ3) is 5.33. The molecule has 5 rings (SSSR count). The molecule has 39 heavy (non-hydrogen) atoms. The molecule has 1 aromatic rings. The largest absolute Gasteiger partial charge is 0.461 e. The van der Waals surface area contributed by atoms with E-state index in [1.54, 1.807) is 36.9 Å². The fraction of sp³-hybridized carbons (Fsp3) is 0.556. The summed E-state index contributed by atoms with van der Waals surface area (Å²) in [6.07, 6.45) is 0.485. The molecule has 0 bridgehead atoms. The van der Waals surface area contributed by atoms with Crippen LogP contribution in [0.2, 0.25) is 0 Å². The molecular weight excluding hydrogens is 542 g/mol. The first-order valence-electron chi connectivity index (χ1n) is 13.1. The number of thiocarbonyl (C=S) groups is 1. The zero-order valence-corrected chi connectivity index (χ0v) is 23.9. The van der Waals surface area contributed by atoms with Gasteiger partial charge in [0.25, 0.3) is 0 Å². The minimum Gasteiger partial charge on any atom is -0.461 e. The molecule has 4 aliphatic heterocycles. The van der Waals surface area contributed by atoms with Crippen molar-refractivity contribution in [3.8, 4) is 17.2 Å². The SMILES string of the molecule is CC(C)C[C@H](N)C(=O)O[C@H](C)[C@H]1C(=O)N2C(C(=O)Oc3ccc4c(c3)OCO4)=C(S[C@H]3CNC(=S)C3)[C@H](C)[C@H]12. The minimum absolute atomic E-state index is 0.101. The number of fused-ring (bicyclic) bond motifs is 2. The van der Waals surface area contributed by atoms with Crippen molar-refractivity contribution in [2.75, 3.05) is 13.3 Å². The standard InChI is InChI=1S/C27H33N3O7S2/c1-12(2)7-17(28)26(32)36-14(4)21-22-13(3)24(39-16-9-20(38)29-10-16)23(30(22)25(21)31)27(33)37-15-5-6-18-19(8-15)35-11-34-18/h5-6,8,12-14,16-17,21-22H,7,9-11,28H2,1-4H3,(H,29,38)/t13-,14-,16-,17+,21-,22-/m1/s1. The van der Waals surface area contributed by atoms with E-state index in [-0.39, 0.29) is 47.3 Å². The number of thioether (sulfide) groups is 1. The second kappa shape index (κ2) is 11.0. The van der Waals surface area contributed by atoms with Crippen LogP contribution in [0.15, 0.2) is 28.8 Å². The fourth-order valence-corrected chi connectivity index (χ4v) is 7.35. The van der Waals surface area contributed by atoms with Gasteiger partial charge in [0.2, 0.25) is 12.7 Å². The van der Waals surface area contributed by atoms with Gasteiger partial charge in [0.1, 0.15) is 23.6 Å². The number of carbonyl (C=O) groups is 3. The molecule has 0 unspecified atom stereocenters. The molecule has 10 nitrogen and oxygen atoms in total. The van der Waals surface area contributed by atoms with Crippen LogP contribution < -0.4 is 25.3 Å². The molecule has 0 aliphatic carbocycles. The molecule has 6 atom stereocenters. The van der Waals surface area contributed by atoms with Gasteiger partial charge in [0, 0.05) is 35.1 Å². The van der Waals surface area contributed by atoms with Crippen molar-refractivity contribution in [1.29, 1.82) is 0 Å². The van der Waals surface area contributed by atoms with Crippen molar-refractivity contribution < 1.29 is 33.3 Å². The second-order valence-electron chi connectivity index (χ2n) is 10.8. The molecule has 2 fully saturated rings. The quantitative estimate of drug-likeness (QED) is 0.195. The van der Waals surface area contributed by atoms with E-state index >= 15 is 0 Å². The Hall–Kier alpha value is -2.83. The number of nitrogens with zero attached hydrogens (tertiary/aromatic N) is 1. The molecule has 12 heteroatoms. The Morgan fingerprint density at radius 1 is 1.26 bits per heavy atom. The molecular formula is C27H33N3O7S2. The molecule has 0 spiro atoms. The van der Waals surface area contributed by atoms with E-state index in [1.807, 2.05) is 20.8 Å². The zero-order valence-electron chi connectivity index (χ0n) is 22.3. The van der Waals surface area contributed by atoms with Gasteiger partial charge in [0.05, 0.1) is 16.9 Å². The minimum atomic E-state index is -0.755. The zero-order chi connectivity index (χ0) is 28.0. The van der Waals surface area contributed by atoms with Crippen LogP contribution in [0.3, 0.4) is 0 Å². The molecule has 1 aromatic carbocycles. The Morgan fingerprint density at radius 2 is 2.00 bits per heavy atom. The number of esters is 2. The summed E-state index contributed by atoms with van der Waals surface area (Å²) < 4.78 is 22.1. The number of amides is 1. The highest BCUT2D eigenvalue weighted by Crippen LogP contribution is 2.52. The maximum absolute atomic E-state index is 13.6. The van der Waals surface area contributed by atoms with E-state index in [4.69, 9.17) is 36.9 Å². The van der Waals surface area contributed by atoms with Gasteiger partial charge in [-0.15, -0.1) is 11.8 Å². The number of rotatable bonds is 9. The van der Waals surface area contributed by atoms with Crippen LogP contribution in [0.25, 0.3) is 0 Å². The Bertz CT molecular complexity index is 1240. The molecule has 4 heterocycles. The number of nitrogens with one attached hydrogen (secondary N) is 1. The number of nitrogens with two attached hydrogens (primary N) is 1. The van der Waals surface area contributed by atoms with Crippen molar-refractivity contribution in [2.24, 2.45) is 23.5 Å². The summed E-state index contributed by atoms with van der Waals surface area (Å²) in [4.78, 5) is 42.7. The lowest BCUT2D eigenvalue weighted by molar-refractivity contribution is -0.172. The predicted octanol–water partition coefficient (Wildman–Crippen LogP) is 2.74. The maximum Gasteiger partial charge on any atom is 0.361 e. The van der Waals surface area contributed by atoms with E-state index in [1.165, 1.54) is 4.90 Å². The summed E-state index contributed by atoms with van der Waals surface area (Å²) in [7, 11) is 0. The predicted molar refractivity (Wildman–Crippen MR) is 148 cm³/mol. The molecule has 4 aliphatic rings. The van der Waals surface area contributed by atoms with E-state index in [9.17, 15) is 14.4 Å². The molecule has 0 radical (unpaired) electrons. The second-order valence-corrected chi connectivity index (χ2v) is 12.6. The summed E-state index contributed by atoms with van der Waals surface area (Å²) in [6, 6.07) is 3.78. The Balaban J connectivity index is 1.37. The third-order valence-corrected chi connectivity index (χ3v) is 9.20. The molecule has 2 saturated heterocycles. The highest BCUT2D eigenvalue weighted by molar-refractivity contribution is 8.03. The molecule has 0 saturated carbocycles. The summed E-state index contributed by atoms with van der Waals surface area (Å²) in [5.41, 5.74) is 6.24. The van der Waals surface area contributed by atoms with Gasteiger partial charge >= 0.3 is 11.9 Å². The monoisotopic (exact) mass is 575 g/mol. The van der Waals surface area contributed by atoms with Gasteiger partial charge in [0.15, 0.2) is 11.5 Å². The number of hydrogen-bond donors (Lipinski definition) is 2. The van der Waals surface area contributed by atoms with Crippen molar-refractivity contribution >= 4 is 46.8 Å². The summed E-state index contributed by atoms with van der Waals surface area (Å²) in [6.45, 7) is 8.43. The van der Waals surface area contributed by atoms with Crippen LogP contribution in [0.1, 0.15) is 40.5 Å². The highest BCUT2D eigenvalue weighted by atomic mass is 32.2. The number of ether oxygens (including phenoxy) is 4. The highest BCUT2D eigenvalue weighted by Gasteiger charge is 2.61. The summed E-state index contributed by atoms with van der Waals surface area (Å²) in [5.74, 6) is -0.622. The fourth-order valence-electron chi connectivity index (χ4n) is 5.54. The van der Waals surface area contributed by atoms with Crippen molar-refractivity contribution in [1.82, 2.24) is 10.2 Å². The van der Waals surface area contributed by atoms with Crippen LogP contribution in [0.4, 0.5) is 0 Å². The van der Waals surface area contributed by atoms with Gasteiger partial charge in [-0.3, -0.25) is 9.59 Å². The van der Waals surface area contributed by atoms with E-state index in [0.717, 1.165) is 9.89 Å². The van der Waals surface area contributed by atoms with Crippen molar-refractivity contribution in [3.05, 3.63) is 28.8 Å². The van der Waals surface area contributed by atoms with Crippen LogP contribution in [-0.2, 0) is 19.1 Å². The number of hydrogen-bond acceptors (Lipinski definition) is 10. The lowest BCUT2D eigenvalue weighted by Crippen LogP contribution is -2.64. The summed E-state index contributed by atoms with van der Waals surface area (Å²) >= 11 is 6.86. The third-order valence-electron chi connectivity index (χ3n) is 7.41. The Labute approximate surface area is 236 Å². The van der Waals surface area contributed by atoms with Gasteiger partial charge in [-0.05, 0) is 31.4 Å². The number of carbonyl (C=O) groups excluding carboxylic acids is 3. The molecule has 210 valence electrons. The number of benzene rings is 1. The average molecular weight is 576 g/mol. The smallest absolute Gasteiger partial charge is 0.361 e. The average Bonchev–Trinajstić information content (AvgIpc) is 3.56. The van der Waals surface area contributed by atoms with Crippen LogP contribution in [0, 0.1) is 17.8 Å². The molecule has 3 N–H and O–H groups in total. The lowest BCUT2D eigenvalue weighted by atomic mass is 9.79. The normalized spacial score (nSPS) is 26.8. The van der Waals surface area contributed by atoms with Crippen molar-refractivity contribution in [2.45, 2.75) is 64.0 Å². The van der Waals surface area contributed by atoms with Gasteiger partial charge in [-0.2, -0.15) is 0 Å². The van der Waals surface area contributed by atoms with E-state index in [2.05, 4.69) is 5.32 Å². The first-order valence-corrected chi connectivity index (χ1v) is 14.4. The van der Waals surface area contributed by atoms with Crippen molar-refractivity contribution in [3.63, 3.8) is 0 Å². The van der Waals surface area contributed by atoms with E-state index in [0.29, 0.717) is 30.9 Å².